The molecule has 2 heterocycles. The Kier molecular flexibility index (Phi) is 3.06. The van der Waals surface area contributed by atoms with Crippen LogP contribution in [0.25, 0.3) is 11.1 Å². The van der Waals surface area contributed by atoms with E-state index in [0.717, 1.165) is 11.1 Å². The van der Waals surface area contributed by atoms with Gasteiger partial charge in [0.05, 0.1) is 6.20 Å². The van der Waals surface area contributed by atoms with Gasteiger partial charge in [-0.05, 0) is 17.7 Å². The Morgan fingerprint density at radius 3 is 2.53 bits per heavy atom. The molecule has 0 amide bonds. The highest BCUT2D eigenvalue weighted by molar-refractivity contribution is 9.08. The fourth-order valence-corrected chi connectivity index (χ4v) is 1.95. The molecule has 0 aromatic carbocycles. The lowest BCUT2D eigenvalue weighted by atomic mass is 10.0. The van der Waals surface area contributed by atoms with E-state index in [2.05, 4.69) is 25.9 Å². The van der Waals surface area contributed by atoms with Crippen LogP contribution in [0.5, 0.6) is 0 Å². The molecule has 0 spiro atoms. The van der Waals surface area contributed by atoms with Gasteiger partial charge < -0.3 is 0 Å². The van der Waals surface area contributed by atoms with E-state index >= 15 is 0 Å². The highest BCUT2D eigenvalue weighted by Crippen LogP contribution is 2.25. The predicted molar refractivity (Wildman–Crippen MR) is 60.1 cm³/mol. The molecular weight excluding hydrogens is 259 g/mol. The second-order valence-electron chi connectivity index (χ2n) is 3.02. The molecule has 2 rings (SSSR count). The summed E-state index contributed by atoms with van der Waals surface area (Å²) < 4.78 is 13.4. The van der Waals surface area contributed by atoms with Crippen LogP contribution >= 0.6 is 15.9 Å². The number of aromatic nitrogens is 2. The number of pyridine rings is 2. The molecule has 0 unspecified atom stereocenters. The van der Waals surface area contributed by atoms with Crippen LogP contribution in [-0.4, -0.2) is 9.97 Å². The van der Waals surface area contributed by atoms with Crippen molar-refractivity contribution in [1.29, 1.82) is 0 Å². The molecule has 0 aliphatic rings. The average Bonchev–Trinajstić information content (AvgIpc) is 2.30. The van der Waals surface area contributed by atoms with Crippen LogP contribution in [-0.2, 0) is 5.33 Å². The topological polar surface area (TPSA) is 25.8 Å². The van der Waals surface area contributed by atoms with Crippen LogP contribution in [0.3, 0.4) is 0 Å². The summed E-state index contributed by atoms with van der Waals surface area (Å²) in [6, 6.07) is 3.67. The van der Waals surface area contributed by atoms with Gasteiger partial charge in [0, 0.05) is 35.0 Å². The lowest BCUT2D eigenvalue weighted by molar-refractivity contribution is 0.612. The molecule has 2 nitrogen and oxygen atoms in total. The summed E-state index contributed by atoms with van der Waals surface area (Å²) in [4.78, 5) is 7.78. The van der Waals surface area contributed by atoms with E-state index in [4.69, 9.17) is 0 Å². The smallest absolute Gasteiger partial charge is 0.146 e. The zero-order chi connectivity index (χ0) is 10.7. The molecule has 0 saturated carbocycles. The van der Waals surface area contributed by atoms with Gasteiger partial charge in [-0.15, -0.1) is 0 Å². The molecule has 0 aliphatic heterocycles. The molecule has 0 aliphatic carbocycles. The van der Waals surface area contributed by atoms with E-state index < -0.39 is 0 Å². The van der Waals surface area contributed by atoms with Crippen molar-refractivity contribution in [3.05, 3.63) is 48.3 Å². The molecule has 0 atom stereocenters. The lowest BCUT2D eigenvalue weighted by Gasteiger charge is -2.06. The largest absolute Gasteiger partial charge is 0.265 e. The summed E-state index contributed by atoms with van der Waals surface area (Å²) in [6.45, 7) is 0. The number of alkyl halides is 1. The second kappa shape index (κ2) is 4.49. The molecule has 0 radical (unpaired) electrons. The fourth-order valence-electron chi connectivity index (χ4n) is 1.38. The van der Waals surface area contributed by atoms with Crippen molar-refractivity contribution in [1.82, 2.24) is 9.97 Å². The zero-order valence-corrected chi connectivity index (χ0v) is 9.41. The summed E-state index contributed by atoms with van der Waals surface area (Å²) in [5.41, 5.74) is 2.34. The standard InChI is InChI=1S/C11H8BrFN2/c12-5-9-10(6-15-7-11(9)13)8-1-3-14-4-2-8/h1-4,6-7H,5H2. The first-order valence-electron chi connectivity index (χ1n) is 4.41. The highest BCUT2D eigenvalue weighted by atomic mass is 79.9. The SMILES string of the molecule is Fc1cncc(-c2ccncc2)c1CBr. The molecule has 0 bridgehead atoms. The molecule has 76 valence electrons. The van der Waals surface area contributed by atoms with Crippen LogP contribution in [0.4, 0.5) is 4.39 Å². The quantitative estimate of drug-likeness (QED) is 0.781. The van der Waals surface area contributed by atoms with Crippen molar-refractivity contribution in [3.63, 3.8) is 0 Å². The molecule has 0 N–H and O–H groups in total. The molecule has 0 saturated heterocycles. The molecular formula is C11H8BrFN2. The van der Waals surface area contributed by atoms with E-state index in [1.807, 2.05) is 12.1 Å². The van der Waals surface area contributed by atoms with Gasteiger partial charge in [-0.3, -0.25) is 9.97 Å². The highest BCUT2D eigenvalue weighted by Gasteiger charge is 2.09. The fraction of sp³-hybridized carbons (Fsp3) is 0.0909. The van der Waals surface area contributed by atoms with Gasteiger partial charge in [0.15, 0.2) is 0 Å². The van der Waals surface area contributed by atoms with Crippen molar-refractivity contribution in [3.8, 4) is 11.1 Å². The molecule has 15 heavy (non-hydrogen) atoms. The molecule has 4 heteroatoms. The Balaban J connectivity index is 2.58. The first-order chi connectivity index (χ1) is 7.33. The number of nitrogens with zero attached hydrogens (tertiary/aromatic N) is 2. The van der Waals surface area contributed by atoms with Gasteiger partial charge in [0.1, 0.15) is 5.82 Å². The first-order valence-corrected chi connectivity index (χ1v) is 5.54. The molecule has 2 aromatic heterocycles. The van der Waals surface area contributed by atoms with Crippen LogP contribution in [0, 0.1) is 5.82 Å². The Morgan fingerprint density at radius 2 is 1.87 bits per heavy atom. The van der Waals surface area contributed by atoms with Gasteiger partial charge in [0.25, 0.3) is 0 Å². The van der Waals surface area contributed by atoms with Gasteiger partial charge in [-0.2, -0.15) is 0 Å². The third kappa shape index (κ3) is 2.04. The van der Waals surface area contributed by atoms with Gasteiger partial charge >= 0.3 is 0 Å². The van der Waals surface area contributed by atoms with Gasteiger partial charge in [-0.1, -0.05) is 15.9 Å². The average molecular weight is 267 g/mol. The van der Waals surface area contributed by atoms with Crippen molar-refractivity contribution >= 4 is 15.9 Å². The Morgan fingerprint density at radius 1 is 1.13 bits per heavy atom. The summed E-state index contributed by atoms with van der Waals surface area (Å²) in [6.07, 6.45) is 6.24. The molecule has 2 aromatic rings. The van der Waals surface area contributed by atoms with Crippen LogP contribution in [0.15, 0.2) is 36.9 Å². The first kappa shape index (κ1) is 10.2. The van der Waals surface area contributed by atoms with E-state index in [1.165, 1.54) is 6.20 Å². The van der Waals surface area contributed by atoms with E-state index in [-0.39, 0.29) is 5.82 Å². The Labute approximate surface area is 95.3 Å². The predicted octanol–water partition coefficient (Wildman–Crippen LogP) is 3.18. The number of hydrogen-bond donors (Lipinski definition) is 0. The van der Waals surface area contributed by atoms with Crippen molar-refractivity contribution < 1.29 is 4.39 Å². The van der Waals surface area contributed by atoms with Crippen molar-refractivity contribution in [2.45, 2.75) is 5.33 Å². The summed E-state index contributed by atoms with van der Waals surface area (Å²) >= 11 is 3.27. The van der Waals surface area contributed by atoms with Crippen molar-refractivity contribution in [2.75, 3.05) is 0 Å². The number of halogens is 2. The Hall–Kier alpha value is -1.29. The normalized spacial score (nSPS) is 10.3. The van der Waals surface area contributed by atoms with Gasteiger partial charge in [-0.25, -0.2) is 4.39 Å². The van der Waals surface area contributed by atoms with Crippen LogP contribution in [0.2, 0.25) is 0 Å². The van der Waals surface area contributed by atoms with Crippen LogP contribution in [0.1, 0.15) is 5.56 Å². The second-order valence-corrected chi connectivity index (χ2v) is 3.58. The van der Waals surface area contributed by atoms with Crippen molar-refractivity contribution in [2.24, 2.45) is 0 Å². The van der Waals surface area contributed by atoms with E-state index in [1.54, 1.807) is 18.6 Å². The molecule has 0 fully saturated rings. The third-order valence-electron chi connectivity index (χ3n) is 2.13. The minimum absolute atomic E-state index is 0.291. The number of rotatable bonds is 2. The number of hydrogen-bond acceptors (Lipinski definition) is 2. The Bertz CT molecular complexity index is 459. The lowest BCUT2D eigenvalue weighted by Crippen LogP contribution is -1.93. The summed E-state index contributed by atoms with van der Waals surface area (Å²) in [5.74, 6) is -0.291. The van der Waals surface area contributed by atoms with E-state index in [9.17, 15) is 4.39 Å². The van der Waals surface area contributed by atoms with Crippen LogP contribution < -0.4 is 0 Å². The minimum atomic E-state index is -0.291. The maximum atomic E-state index is 13.4. The summed E-state index contributed by atoms with van der Waals surface area (Å²) in [7, 11) is 0. The monoisotopic (exact) mass is 266 g/mol. The maximum Gasteiger partial charge on any atom is 0.146 e. The maximum absolute atomic E-state index is 13.4. The zero-order valence-electron chi connectivity index (χ0n) is 7.82. The summed E-state index contributed by atoms with van der Waals surface area (Å²) in [5, 5.41) is 0.471. The van der Waals surface area contributed by atoms with Gasteiger partial charge in [0.2, 0.25) is 0 Å². The van der Waals surface area contributed by atoms with E-state index in [0.29, 0.717) is 10.9 Å². The third-order valence-corrected chi connectivity index (χ3v) is 2.69. The minimum Gasteiger partial charge on any atom is -0.265 e.